The number of amides is 2. The Kier molecular flexibility index (Phi) is 5.07. The van der Waals surface area contributed by atoms with Gasteiger partial charge >= 0.3 is 0 Å². The largest absolute Gasteiger partial charge is 0.496 e. The molecule has 1 heterocycles. The summed E-state index contributed by atoms with van der Waals surface area (Å²) in [7, 11) is 1.58. The van der Waals surface area contributed by atoms with Gasteiger partial charge in [-0.3, -0.25) is 9.59 Å². The van der Waals surface area contributed by atoms with Gasteiger partial charge < -0.3 is 15.0 Å². The number of nitrogens with zero attached hydrogens (tertiary/aromatic N) is 1. The standard InChI is InChI=1S/C15H19ClN2O3/c1-3-12-15(20)18(7-6-14(19)17-12)9-10-8-11(16)4-5-13(10)21-2/h4-5,8,12H,3,6-7,9H2,1-2H3,(H,17,19). The SMILES string of the molecule is CCC1NC(=O)CCN(Cc2cc(Cl)ccc2OC)C1=O. The fourth-order valence-corrected chi connectivity index (χ4v) is 2.60. The lowest BCUT2D eigenvalue weighted by atomic mass is 10.1. The summed E-state index contributed by atoms with van der Waals surface area (Å²) in [5.41, 5.74) is 0.836. The Balaban J connectivity index is 2.23. The Morgan fingerprint density at radius 1 is 1.43 bits per heavy atom. The maximum Gasteiger partial charge on any atom is 0.245 e. The first kappa shape index (κ1) is 15.6. The van der Waals surface area contributed by atoms with Crippen LogP contribution in [0.25, 0.3) is 0 Å². The van der Waals surface area contributed by atoms with Gasteiger partial charge in [0.1, 0.15) is 11.8 Å². The predicted octanol–water partition coefficient (Wildman–Crippen LogP) is 1.98. The molecule has 1 aliphatic rings. The van der Waals surface area contributed by atoms with Gasteiger partial charge in [-0.25, -0.2) is 0 Å². The van der Waals surface area contributed by atoms with Crippen molar-refractivity contribution in [3.8, 4) is 5.75 Å². The maximum atomic E-state index is 12.4. The third-order valence-electron chi connectivity index (χ3n) is 3.57. The zero-order valence-corrected chi connectivity index (χ0v) is 12.9. The highest BCUT2D eigenvalue weighted by Crippen LogP contribution is 2.24. The molecule has 114 valence electrons. The molecular weight excluding hydrogens is 292 g/mol. The molecule has 21 heavy (non-hydrogen) atoms. The smallest absolute Gasteiger partial charge is 0.245 e. The van der Waals surface area contributed by atoms with Gasteiger partial charge in [0.25, 0.3) is 0 Å². The molecule has 0 spiro atoms. The minimum absolute atomic E-state index is 0.0645. The summed E-state index contributed by atoms with van der Waals surface area (Å²) in [6, 6.07) is 4.86. The van der Waals surface area contributed by atoms with E-state index in [-0.39, 0.29) is 11.8 Å². The predicted molar refractivity (Wildman–Crippen MR) is 80.3 cm³/mol. The Bertz CT molecular complexity index is 548. The summed E-state index contributed by atoms with van der Waals surface area (Å²) in [6.07, 6.45) is 0.888. The van der Waals surface area contributed by atoms with Crippen molar-refractivity contribution >= 4 is 23.4 Å². The topological polar surface area (TPSA) is 58.6 Å². The molecule has 0 bridgehead atoms. The Labute approximate surface area is 129 Å². The number of nitrogens with one attached hydrogen (secondary N) is 1. The summed E-state index contributed by atoms with van der Waals surface area (Å²) in [4.78, 5) is 25.8. The number of methoxy groups -OCH3 is 1. The molecule has 1 unspecified atom stereocenters. The molecule has 1 aliphatic heterocycles. The first-order valence-corrected chi connectivity index (χ1v) is 7.33. The van der Waals surface area contributed by atoms with Gasteiger partial charge in [-0.2, -0.15) is 0 Å². The molecule has 0 aromatic heterocycles. The third kappa shape index (κ3) is 3.67. The molecule has 1 aromatic carbocycles. The number of carbonyl (C=O) groups is 2. The molecule has 2 amide bonds. The van der Waals surface area contributed by atoms with Gasteiger partial charge in [0.2, 0.25) is 11.8 Å². The van der Waals surface area contributed by atoms with Gasteiger partial charge in [-0.05, 0) is 24.6 Å². The molecule has 1 fully saturated rings. The molecule has 2 rings (SSSR count). The number of benzene rings is 1. The van der Waals surface area contributed by atoms with E-state index in [1.165, 1.54) is 0 Å². The van der Waals surface area contributed by atoms with Crippen LogP contribution in [-0.4, -0.2) is 36.4 Å². The van der Waals surface area contributed by atoms with Crippen LogP contribution in [-0.2, 0) is 16.1 Å². The molecular formula is C15H19ClN2O3. The quantitative estimate of drug-likeness (QED) is 0.925. The molecule has 0 radical (unpaired) electrons. The molecule has 0 aliphatic carbocycles. The van der Waals surface area contributed by atoms with E-state index in [1.54, 1.807) is 30.2 Å². The molecule has 5 nitrogen and oxygen atoms in total. The lowest BCUT2D eigenvalue weighted by molar-refractivity contribution is -0.134. The Morgan fingerprint density at radius 3 is 2.86 bits per heavy atom. The average molecular weight is 311 g/mol. The number of rotatable bonds is 4. The number of hydrogen-bond acceptors (Lipinski definition) is 3. The number of hydrogen-bond donors (Lipinski definition) is 1. The number of halogens is 1. The average Bonchev–Trinajstić information content (AvgIpc) is 2.60. The normalized spacial score (nSPS) is 19.2. The molecule has 1 aromatic rings. The van der Waals surface area contributed by atoms with Crippen molar-refractivity contribution in [2.75, 3.05) is 13.7 Å². The molecule has 6 heteroatoms. The van der Waals surface area contributed by atoms with E-state index in [0.717, 1.165) is 5.56 Å². The summed E-state index contributed by atoms with van der Waals surface area (Å²) >= 11 is 6.01. The van der Waals surface area contributed by atoms with Crippen molar-refractivity contribution in [2.24, 2.45) is 0 Å². The second-order valence-electron chi connectivity index (χ2n) is 4.99. The van der Waals surface area contributed by atoms with E-state index in [2.05, 4.69) is 5.32 Å². The molecule has 1 N–H and O–H groups in total. The first-order valence-electron chi connectivity index (χ1n) is 6.95. The van der Waals surface area contributed by atoms with E-state index < -0.39 is 6.04 Å². The van der Waals surface area contributed by atoms with Crippen molar-refractivity contribution in [3.63, 3.8) is 0 Å². The molecule has 0 saturated carbocycles. The summed E-state index contributed by atoms with van der Waals surface area (Å²) < 4.78 is 5.30. The van der Waals surface area contributed by atoms with Crippen LogP contribution < -0.4 is 10.1 Å². The van der Waals surface area contributed by atoms with Gasteiger partial charge in [-0.15, -0.1) is 0 Å². The lowest BCUT2D eigenvalue weighted by Gasteiger charge is -2.24. The van der Waals surface area contributed by atoms with E-state index in [9.17, 15) is 9.59 Å². The van der Waals surface area contributed by atoms with Crippen LogP contribution >= 0.6 is 11.6 Å². The zero-order valence-electron chi connectivity index (χ0n) is 12.2. The van der Waals surface area contributed by atoms with Gasteiger partial charge in [0.05, 0.1) is 7.11 Å². The second-order valence-corrected chi connectivity index (χ2v) is 5.43. The molecule has 1 atom stereocenters. The van der Waals surface area contributed by atoms with Crippen molar-refractivity contribution < 1.29 is 14.3 Å². The summed E-state index contributed by atoms with van der Waals surface area (Å²) in [6.45, 7) is 2.66. The van der Waals surface area contributed by atoms with Crippen molar-refractivity contribution in [1.29, 1.82) is 0 Å². The van der Waals surface area contributed by atoms with Crippen LogP contribution in [0.2, 0.25) is 5.02 Å². The van der Waals surface area contributed by atoms with Crippen molar-refractivity contribution in [2.45, 2.75) is 32.4 Å². The second kappa shape index (κ2) is 6.80. The molecule has 1 saturated heterocycles. The van der Waals surface area contributed by atoms with Gasteiger partial charge in [-0.1, -0.05) is 18.5 Å². The third-order valence-corrected chi connectivity index (χ3v) is 3.80. The Hall–Kier alpha value is -1.75. The summed E-state index contributed by atoms with van der Waals surface area (Å²) in [5, 5.41) is 3.34. The fourth-order valence-electron chi connectivity index (χ4n) is 2.41. The van der Waals surface area contributed by atoms with Crippen LogP contribution in [0.15, 0.2) is 18.2 Å². The van der Waals surface area contributed by atoms with Crippen LogP contribution in [0.1, 0.15) is 25.3 Å². The van der Waals surface area contributed by atoms with Crippen LogP contribution in [0, 0.1) is 0 Å². The maximum absolute atomic E-state index is 12.4. The Morgan fingerprint density at radius 2 is 2.19 bits per heavy atom. The van der Waals surface area contributed by atoms with E-state index >= 15 is 0 Å². The monoisotopic (exact) mass is 310 g/mol. The number of ether oxygens (including phenoxy) is 1. The van der Waals surface area contributed by atoms with E-state index in [4.69, 9.17) is 16.3 Å². The van der Waals surface area contributed by atoms with Gasteiger partial charge in [0.15, 0.2) is 0 Å². The number of carbonyl (C=O) groups excluding carboxylic acids is 2. The minimum Gasteiger partial charge on any atom is -0.496 e. The first-order chi connectivity index (χ1) is 10.0. The highest BCUT2D eigenvalue weighted by atomic mass is 35.5. The van der Waals surface area contributed by atoms with Crippen LogP contribution in [0.4, 0.5) is 0 Å². The lowest BCUT2D eigenvalue weighted by Crippen LogP contribution is -2.43. The zero-order chi connectivity index (χ0) is 15.4. The van der Waals surface area contributed by atoms with E-state index in [1.807, 2.05) is 6.92 Å². The van der Waals surface area contributed by atoms with Gasteiger partial charge in [0, 0.05) is 30.1 Å². The van der Waals surface area contributed by atoms with Crippen LogP contribution in [0.3, 0.4) is 0 Å². The fraction of sp³-hybridized carbons (Fsp3) is 0.467. The highest BCUT2D eigenvalue weighted by Gasteiger charge is 2.28. The van der Waals surface area contributed by atoms with Crippen molar-refractivity contribution in [1.82, 2.24) is 10.2 Å². The van der Waals surface area contributed by atoms with Crippen molar-refractivity contribution in [3.05, 3.63) is 28.8 Å². The summed E-state index contributed by atoms with van der Waals surface area (Å²) in [5.74, 6) is 0.532. The minimum atomic E-state index is -0.454. The highest BCUT2D eigenvalue weighted by molar-refractivity contribution is 6.30. The van der Waals surface area contributed by atoms with E-state index in [0.29, 0.717) is 36.7 Å². The van der Waals surface area contributed by atoms with Crippen LogP contribution in [0.5, 0.6) is 5.75 Å².